The summed E-state index contributed by atoms with van der Waals surface area (Å²) < 4.78 is 17.8. The van der Waals surface area contributed by atoms with Crippen LogP contribution in [0.15, 0.2) is 24.3 Å². The lowest BCUT2D eigenvalue weighted by Gasteiger charge is -2.07. The van der Waals surface area contributed by atoms with Gasteiger partial charge in [0.25, 0.3) is 0 Å². The predicted octanol–water partition coefficient (Wildman–Crippen LogP) is 1.59. The molecule has 0 aliphatic heterocycles. The molecule has 0 amide bonds. The van der Waals surface area contributed by atoms with Crippen LogP contribution in [-0.4, -0.2) is 17.8 Å². The molecule has 1 atom stereocenters. The Morgan fingerprint density at radius 3 is 2.75 bits per heavy atom. The molecule has 0 radical (unpaired) electrons. The van der Waals surface area contributed by atoms with Crippen LogP contribution in [0.4, 0.5) is 4.39 Å². The van der Waals surface area contributed by atoms with Crippen LogP contribution in [0, 0.1) is 5.82 Å². The first kappa shape index (κ1) is 9.00. The molecule has 0 unspecified atom stereocenters. The molecule has 0 spiro atoms. The zero-order valence-corrected chi connectivity index (χ0v) is 6.83. The molecular weight excluding hydrogens is 159 g/mol. The summed E-state index contributed by atoms with van der Waals surface area (Å²) in [5, 5.41) is 8.86. The number of ether oxygens (including phenoxy) is 1. The van der Waals surface area contributed by atoms with Gasteiger partial charge in [-0.25, -0.2) is 4.39 Å². The van der Waals surface area contributed by atoms with Crippen molar-refractivity contribution in [3.8, 4) is 5.75 Å². The molecule has 2 nitrogen and oxygen atoms in total. The maximum absolute atomic E-state index is 12.8. The van der Waals surface area contributed by atoms with Crippen molar-refractivity contribution >= 4 is 0 Å². The summed E-state index contributed by atoms with van der Waals surface area (Å²) in [5.41, 5.74) is 0. The van der Waals surface area contributed by atoms with Gasteiger partial charge in [-0.15, -0.1) is 0 Å². The van der Waals surface area contributed by atoms with E-state index < -0.39 is 11.9 Å². The zero-order chi connectivity index (χ0) is 8.97. The van der Waals surface area contributed by atoms with Crippen molar-refractivity contribution < 1.29 is 14.2 Å². The van der Waals surface area contributed by atoms with Gasteiger partial charge in [-0.3, -0.25) is 0 Å². The summed E-state index contributed by atoms with van der Waals surface area (Å²) in [5.74, 6) is -0.225. The van der Waals surface area contributed by atoms with Crippen molar-refractivity contribution in [2.75, 3.05) is 6.61 Å². The first-order chi connectivity index (χ1) is 5.70. The summed E-state index contributed by atoms with van der Waals surface area (Å²) in [6.45, 7) is 1.70. The van der Waals surface area contributed by atoms with Gasteiger partial charge in [-0.2, -0.15) is 0 Å². The molecule has 0 saturated carbocycles. The third-order valence-electron chi connectivity index (χ3n) is 1.32. The topological polar surface area (TPSA) is 29.5 Å². The summed E-state index contributed by atoms with van der Waals surface area (Å²) >= 11 is 0. The fourth-order valence-electron chi connectivity index (χ4n) is 0.772. The summed E-state index contributed by atoms with van der Waals surface area (Å²) in [6, 6.07) is 6.11. The minimum atomic E-state index is -0.579. The largest absolute Gasteiger partial charge is 0.488 e. The number of aliphatic hydroxyl groups is 1. The Bertz CT molecular complexity index is 248. The Labute approximate surface area is 70.6 Å². The monoisotopic (exact) mass is 170 g/mol. The normalized spacial score (nSPS) is 12.6. The number of rotatable bonds is 3. The molecule has 0 fully saturated rings. The lowest BCUT2D eigenvalue weighted by molar-refractivity contribution is 0.120. The van der Waals surface area contributed by atoms with Crippen molar-refractivity contribution in [3.63, 3.8) is 0 Å². The maximum atomic E-state index is 12.8. The van der Waals surface area contributed by atoms with Crippen LogP contribution < -0.4 is 4.74 Å². The van der Waals surface area contributed by atoms with Gasteiger partial charge in [-0.1, -0.05) is 12.1 Å². The van der Waals surface area contributed by atoms with Crippen molar-refractivity contribution in [1.29, 1.82) is 0 Å². The average molecular weight is 170 g/mol. The van der Waals surface area contributed by atoms with E-state index >= 15 is 0 Å². The second kappa shape index (κ2) is 4.07. The fraction of sp³-hybridized carbons (Fsp3) is 0.333. The number of halogens is 1. The summed E-state index contributed by atoms with van der Waals surface area (Å²) in [4.78, 5) is 0. The molecule has 1 N–H and O–H groups in total. The molecule has 66 valence electrons. The Morgan fingerprint density at radius 2 is 2.17 bits per heavy atom. The molecule has 1 rings (SSSR count). The van der Waals surface area contributed by atoms with Gasteiger partial charge < -0.3 is 9.84 Å². The number of aliphatic hydroxyl groups excluding tert-OH is 1. The summed E-state index contributed by atoms with van der Waals surface area (Å²) in [6.07, 6.45) is -0.579. The summed E-state index contributed by atoms with van der Waals surface area (Å²) in [7, 11) is 0. The SMILES string of the molecule is C[C@H](O)COc1ccccc1F. The zero-order valence-electron chi connectivity index (χ0n) is 6.83. The molecule has 0 aliphatic carbocycles. The predicted molar refractivity (Wildman–Crippen MR) is 43.6 cm³/mol. The third-order valence-corrected chi connectivity index (χ3v) is 1.32. The quantitative estimate of drug-likeness (QED) is 0.746. The van der Waals surface area contributed by atoms with E-state index in [0.29, 0.717) is 0 Å². The van der Waals surface area contributed by atoms with E-state index in [-0.39, 0.29) is 12.4 Å². The van der Waals surface area contributed by atoms with Gasteiger partial charge in [0.2, 0.25) is 0 Å². The van der Waals surface area contributed by atoms with Gasteiger partial charge >= 0.3 is 0 Å². The highest BCUT2D eigenvalue weighted by Crippen LogP contribution is 2.15. The van der Waals surface area contributed by atoms with Gasteiger partial charge in [-0.05, 0) is 19.1 Å². The van der Waals surface area contributed by atoms with Gasteiger partial charge in [0, 0.05) is 0 Å². The first-order valence-electron chi connectivity index (χ1n) is 3.75. The van der Waals surface area contributed by atoms with E-state index in [4.69, 9.17) is 9.84 Å². The van der Waals surface area contributed by atoms with E-state index in [1.54, 1.807) is 19.1 Å². The van der Waals surface area contributed by atoms with E-state index in [2.05, 4.69) is 0 Å². The average Bonchev–Trinajstić information content (AvgIpc) is 2.03. The molecule has 1 aromatic rings. The van der Waals surface area contributed by atoms with Crippen LogP contribution in [-0.2, 0) is 0 Å². The third kappa shape index (κ3) is 2.51. The van der Waals surface area contributed by atoms with E-state index in [9.17, 15) is 4.39 Å². The highest BCUT2D eigenvalue weighted by atomic mass is 19.1. The number of benzene rings is 1. The molecule has 0 saturated heterocycles. The lowest BCUT2D eigenvalue weighted by Crippen LogP contribution is -2.13. The molecule has 0 aromatic heterocycles. The first-order valence-corrected chi connectivity index (χ1v) is 3.75. The van der Waals surface area contributed by atoms with Gasteiger partial charge in [0.15, 0.2) is 11.6 Å². The van der Waals surface area contributed by atoms with Crippen LogP contribution in [0.25, 0.3) is 0 Å². The number of hydrogen-bond acceptors (Lipinski definition) is 2. The van der Waals surface area contributed by atoms with Crippen LogP contribution in [0.2, 0.25) is 0 Å². The van der Waals surface area contributed by atoms with Crippen LogP contribution in [0.5, 0.6) is 5.75 Å². The second-order valence-corrected chi connectivity index (χ2v) is 2.59. The van der Waals surface area contributed by atoms with Crippen LogP contribution >= 0.6 is 0 Å². The molecule has 0 heterocycles. The number of hydrogen-bond donors (Lipinski definition) is 1. The Hall–Kier alpha value is -1.09. The smallest absolute Gasteiger partial charge is 0.165 e. The second-order valence-electron chi connectivity index (χ2n) is 2.59. The van der Waals surface area contributed by atoms with E-state index in [1.807, 2.05) is 0 Å². The lowest BCUT2D eigenvalue weighted by atomic mass is 10.3. The van der Waals surface area contributed by atoms with Crippen LogP contribution in [0.1, 0.15) is 6.92 Å². The van der Waals surface area contributed by atoms with Gasteiger partial charge in [0.05, 0.1) is 6.10 Å². The minimum Gasteiger partial charge on any atom is -0.488 e. The number of para-hydroxylation sites is 1. The Kier molecular flexibility index (Phi) is 3.05. The van der Waals surface area contributed by atoms with Crippen LogP contribution in [0.3, 0.4) is 0 Å². The molecule has 0 bridgehead atoms. The highest BCUT2D eigenvalue weighted by molar-refractivity contribution is 5.23. The molecular formula is C9H11FO2. The maximum Gasteiger partial charge on any atom is 0.165 e. The minimum absolute atomic E-state index is 0.112. The Morgan fingerprint density at radius 1 is 1.50 bits per heavy atom. The highest BCUT2D eigenvalue weighted by Gasteiger charge is 2.02. The molecule has 1 aromatic carbocycles. The van der Waals surface area contributed by atoms with Crippen molar-refractivity contribution in [3.05, 3.63) is 30.1 Å². The fourth-order valence-corrected chi connectivity index (χ4v) is 0.772. The van der Waals surface area contributed by atoms with Crippen molar-refractivity contribution in [2.45, 2.75) is 13.0 Å². The van der Waals surface area contributed by atoms with E-state index in [0.717, 1.165) is 0 Å². The molecule has 3 heteroatoms. The Balaban J connectivity index is 2.57. The van der Waals surface area contributed by atoms with Crippen molar-refractivity contribution in [2.24, 2.45) is 0 Å². The van der Waals surface area contributed by atoms with E-state index in [1.165, 1.54) is 12.1 Å². The van der Waals surface area contributed by atoms with Crippen molar-refractivity contribution in [1.82, 2.24) is 0 Å². The standard InChI is InChI=1S/C9H11FO2/c1-7(11)6-12-9-5-3-2-4-8(9)10/h2-5,7,11H,6H2,1H3/t7-/m0/s1. The molecule has 12 heavy (non-hydrogen) atoms. The van der Waals surface area contributed by atoms with Gasteiger partial charge in [0.1, 0.15) is 6.61 Å². The molecule has 0 aliphatic rings.